The number of fused-ring (bicyclic) bond motifs is 1. The van der Waals surface area contributed by atoms with E-state index in [-0.39, 0.29) is 12.4 Å². The molecule has 0 atom stereocenters. The maximum absolute atomic E-state index is 13.6. The lowest BCUT2D eigenvalue weighted by Gasteiger charge is -2.12. The first-order chi connectivity index (χ1) is 17.1. The third-order valence-electron chi connectivity index (χ3n) is 6.19. The molecule has 0 bridgehead atoms. The zero-order valence-corrected chi connectivity index (χ0v) is 19.6. The number of nitrogens with zero attached hydrogens (tertiary/aromatic N) is 4. The van der Waals surface area contributed by atoms with Gasteiger partial charge in [0, 0.05) is 5.56 Å². The van der Waals surface area contributed by atoms with Crippen LogP contribution in [0, 0.1) is 19.3 Å². The summed E-state index contributed by atoms with van der Waals surface area (Å²) in [6.07, 6.45) is -4.60. The van der Waals surface area contributed by atoms with Gasteiger partial charge in [-0.05, 0) is 60.9 Å². The second-order valence-electron chi connectivity index (χ2n) is 8.66. The minimum atomic E-state index is -4.60. The lowest BCUT2D eigenvalue weighted by atomic mass is 10.0. The molecule has 0 saturated heterocycles. The van der Waals surface area contributed by atoms with Crippen molar-refractivity contribution in [3.8, 4) is 16.8 Å². The van der Waals surface area contributed by atoms with Crippen molar-refractivity contribution in [2.45, 2.75) is 26.6 Å². The molecule has 3 N–H and O–H groups in total. The molecular formula is C27H23F3N6. The van der Waals surface area contributed by atoms with Crippen LogP contribution in [0.1, 0.15) is 28.3 Å². The van der Waals surface area contributed by atoms with Gasteiger partial charge in [0.1, 0.15) is 11.7 Å². The molecule has 0 fully saturated rings. The number of amidine groups is 1. The minimum Gasteiger partial charge on any atom is -0.384 e. The van der Waals surface area contributed by atoms with Crippen LogP contribution in [0.5, 0.6) is 0 Å². The van der Waals surface area contributed by atoms with Gasteiger partial charge in [0.15, 0.2) is 5.69 Å². The number of nitrogen functional groups attached to an aromatic ring is 1. The third-order valence-corrected chi connectivity index (χ3v) is 6.19. The topological polar surface area (TPSA) is 85.5 Å². The summed E-state index contributed by atoms with van der Waals surface area (Å²) in [5, 5.41) is 11.5. The van der Waals surface area contributed by atoms with E-state index in [9.17, 15) is 13.2 Å². The molecule has 0 aliphatic carbocycles. The van der Waals surface area contributed by atoms with E-state index in [1.54, 1.807) is 24.3 Å². The van der Waals surface area contributed by atoms with E-state index < -0.39 is 11.9 Å². The summed E-state index contributed by atoms with van der Waals surface area (Å²) in [6.45, 7) is 4.00. The number of rotatable bonds is 5. The van der Waals surface area contributed by atoms with Crippen LogP contribution in [0.4, 0.5) is 13.2 Å². The number of halogens is 3. The van der Waals surface area contributed by atoms with E-state index in [2.05, 4.69) is 10.1 Å². The molecule has 0 aliphatic heterocycles. The van der Waals surface area contributed by atoms with Gasteiger partial charge in [0.25, 0.3) is 0 Å². The van der Waals surface area contributed by atoms with Crippen LogP contribution < -0.4 is 5.73 Å². The summed E-state index contributed by atoms with van der Waals surface area (Å²) in [5.41, 5.74) is 10.5. The first kappa shape index (κ1) is 23.3. The maximum Gasteiger partial charge on any atom is 0.435 e. The van der Waals surface area contributed by atoms with Gasteiger partial charge in [-0.2, -0.15) is 18.3 Å². The molecule has 0 aliphatic rings. The summed E-state index contributed by atoms with van der Waals surface area (Å²) in [4.78, 5) is 4.69. The van der Waals surface area contributed by atoms with Crippen LogP contribution in [0.25, 0.3) is 27.8 Å². The number of imidazole rings is 1. The molecule has 0 unspecified atom stereocenters. The first-order valence-corrected chi connectivity index (χ1v) is 11.3. The molecule has 9 heteroatoms. The Hall–Kier alpha value is -4.40. The zero-order valence-electron chi connectivity index (χ0n) is 19.6. The Kier molecular flexibility index (Phi) is 5.62. The average molecular weight is 489 g/mol. The van der Waals surface area contributed by atoms with E-state index in [1.807, 2.05) is 60.9 Å². The molecule has 0 spiro atoms. The zero-order chi connectivity index (χ0) is 25.6. The fourth-order valence-corrected chi connectivity index (χ4v) is 4.38. The Labute approximate surface area is 205 Å². The van der Waals surface area contributed by atoms with Crippen LogP contribution in [0.3, 0.4) is 0 Å². The second kappa shape index (κ2) is 8.67. The number of hydrogen-bond donors (Lipinski definition) is 2. The summed E-state index contributed by atoms with van der Waals surface area (Å²) >= 11 is 0. The number of hydrogen-bond acceptors (Lipinski definition) is 3. The SMILES string of the molecule is Cc1ccccc1-c1ccc2c(c1)nc(C)n2Cc1cc(C(F)(F)F)nn1-c1cccc(C(=N)N)c1. The predicted octanol–water partition coefficient (Wildman–Crippen LogP) is 5.86. The molecule has 5 rings (SSSR count). The Morgan fingerprint density at radius 3 is 2.47 bits per heavy atom. The van der Waals surface area contributed by atoms with E-state index in [4.69, 9.17) is 11.1 Å². The molecule has 5 aromatic rings. The Bertz CT molecular complexity index is 1610. The highest BCUT2D eigenvalue weighted by molar-refractivity contribution is 5.95. The number of benzene rings is 3. The normalized spacial score (nSPS) is 11.8. The Balaban J connectivity index is 1.60. The summed E-state index contributed by atoms with van der Waals surface area (Å²) in [7, 11) is 0. The monoisotopic (exact) mass is 488 g/mol. The van der Waals surface area contributed by atoms with Crippen molar-refractivity contribution < 1.29 is 13.2 Å². The number of alkyl halides is 3. The molecule has 36 heavy (non-hydrogen) atoms. The molecule has 2 heterocycles. The fraction of sp³-hybridized carbons (Fsp3) is 0.148. The maximum atomic E-state index is 13.6. The van der Waals surface area contributed by atoms with Crippen molar-refractivity contribution in [2.75, 3.05) is 0 Å². The van der Waals surface area contributed by atoms with Crippen molar-refractivity contribution in [3.05, 3.63) is 101 Å². The van der Waals surface area contributed by atoms with Gasteiger partial charge in [-0.3, -0.25) is 5.41 Å². The van der Waals surface area contributed by atoms with Crippen molar-refractivity contribution in [1.29, 1.82) is 5.41 Å². The van der Waals surface area contributed by atoms with Crippen molar-refractivity contribution in [2.24, 2.45) is 5.73 Å². The van der Waals surface area contributed by atoms with E-state index in [0.29, 0.717) is 22.8 Å². The van der Waals surface area contributed by atoms with Crippen LogP contribution in [-0.2, 0) is 12.7 Å². The highest BCUT2D eigenvalue weighted by Gasteiger charge is 2.35. The smallest absolute Gasteiger partial charge is 0.384 e. The second-order valence-corrected chi connectivity index (χ2v) is 8.66. The van der Waals surface area contributed by atoms with Gasteiger partial charge in [0.2, 0.25) is 0 Å². The van der Waals surface area contributed by atoms with Crippen molar-refractivity contribution >= 4 is 16.9 Å². The van der Waals surface area contributed by atoms with E-state index in [0.717, 1.165) is 33.8 Å². The van der Waals surface area contributed by atoms with Gasteiger partial charge in [-0.15, -0.1) is 0 Å². The fourth-order valence-electron chi connectivity index (χ4n) is 4.38. The molecular weight excluding hydrogens is 465 g/mol. The van der Waals surface area contributed by atoms with Gasteiger partial charge in [0.05, 0.1) is 29.0 Å². The molecule has 2 aromatic heterocycles. The average Bonchev–Trinajstić information content (AvgIpc) is 3.40. The quantitative estimate of drug-likeness (QED) is 0.240. The molecule has 0 saturated carbocycles. The minimum absolute atomic E-state index is 0.124. The van der Waals surface area contributed by atoms with Gasteiger partial charge in [-0.25, -0.2) is 9.67 Å². The first-order valence-electron chi connectivity index (χ1n) is 11.3. The third kappa shape index (κ3) is 4.24. The van der Waals surface area contributed by atoms with Gasteiger partial charge >= 0.3 is 6.18 Å². The number of nitrogens with two attached hydrogens (primary N) is 1. The summed E-state index contributed by atoms with van der Waals surface area (Å²) in [5.74, 6) is 0.494. The lowest BCUT2D eigenvalue weighted by Crippen LogP contribution is -2.13. The predicted molar refractivity (Wildman–Crippen MR) is 133 cm³/mol. The summed E-state index contributed by atoms with van der Waals surface area (Å²) < 4.78 is 43.9. The largest absolute Gasteiger partial charge is 0.435 e. The van der Waals surface area contributed by atoms with E-state index in [1.165, 1.54) is 4.68 Å². The van der Waals surface area contributed by atoms with Crippen LogP contribution in [-0.4, -0.2) is 25.2 Å². The van der Waals surface area contributed by atoms with Crippen LogP contribution >= 0.6 is 0 Å². The van der Waals surface area contributed by atoms with E-state index >= 15 is 0 Å². The number of aryl methyl sites for hydroxylation is 2. The molecule has 0 amide bonds. The molecule has 6 nitrogen and oxygen atoms in total. The lowest BCUT2D eigenvalue weighted by molar-refractivity contribution is -0.141. The van der Waals surface area contributed by atoms with Crippen molar-refractivity contribution in [3.63, 3.8) is 0 Å². The van der Waals surface area contributed by atoms with Crippen LogP contribution in [0.2, 0.25) is 0 Å². The Morgan fingerprint density at radius 2 is 1.75 bits per heavy atom. The standard InChI is InChI=1S/C27H23F3N6/c1-16-6-3-4-9-22(16)18-10-11-24-23(13-18)33-17(2)35(24)15-21-14-25(27(28,29)30)34-36(21)20-8-5-7-19(12-20)26(31)32/h3-14H,15H2,1-2H3,(H3,31,32). The van der Waals surface area contributed by atoms with Crippen LogP contribution in [0.15, 0.2) is 72.8 Å². The highest BCUT2D eigenvalue weighted by Crippen LogP contribution is 2.31. The number of nitrogens with one attached hydrogen (secondary N) is 1. The number of aromatic nitrogens is 4. The van der Waals surface area contributed by atoms with Gasteiger partial charge in [-0.1, -0.05) is 42.5 Å². The highest BCUT2D eigenvalue weighted by atomic mass is 19.4. The summed E-state index contributed by atoms with van der Waals surface area (Å²) in [6, 6.07) is 21.5. The Morgan fingerprint density at radius 1 is 0.972 bits per heavy atom. The molecule has 3 aromatic carbocycles. The molecule has 182 valence electrons. The van der Waals surface area contributed by atoms with Gasteiger partial charge < -0.3 is 10.3 Å². The van der Waals surface area contributed by atoms with Crippen molar-refractivity contribution in [1.82, 2.24) is 19.3 Å². The molecule has 0 radical (unpaired) electrons.